The first-order valence-corrected chi connectivity index (χ1v) is 8.18. The molecule has 2 aromatic rings. The molecular formula is C18H26N4O2. The lowest BCUT2D eigenvalue weighted by molar-refractivity contribution is 0.319. The van der Waals surface area contributed by atoms with Crippen molar-refractivity contribution in [1.82, 2.24) is 15.8 Å². The smallest absolute Gasteiger partial charge is 0.191 e. The lowest BCUT2D eigenvalue weighted by Crippen LogP contribution is -2.38. The van der Waals surface area contributed by atoms with E-state index in [1.54, 1.807) is 7.05 Å². The first kappa shape index (κ1) is 17.8. The fourth-order valence-electron chi connectivity index (χ4n) is 2.12. The highest BCUT2D eigenvalue weighted by molar-refractivity contribution is 5.79. The number of benzene rings is 1. The Morgan fingerprint density at radius 1 is 1.29 bits per heavy atom. The molecule has 0 atom stereocenters. The second kappa shape index (κ2) is 8.96. The highest BCUT2D eigenvalue weighted by Crippen LogP contribution is 2.15. The van der Waals surface area contributed by atoms with E-state index in [2.05, 4.69) is 34.6 Å². The molecule has 6 nitrogen and oxygen atoms in total. The van der Waals surface area contributed by atoms with Crippen molar-refractivity contribution in [3.63, 3.8) is 0 Å². The minimum absolute atomic E-state index is 0.360. The number of ether oxygens (including phenoxy) is 1. The molecule has 0 saturated carbocycles. The molecule has 0 amide bonds. The van der Waals surface area contributed by atoms with Crippen LogP contribution in [0.15, 0.2) is 39.8 Å². The molecule has 6 heteroatoms. The fourth-order valence-corrected chi connectivity index (χ4v) is 2.12. The lowest BCUT2D eigenvalue weighted by atomic mass is 10.1. The van der Waals surface area contributed by atoms with Gasteiger partial charge in [-0.2, -0.15) is 0 Å². The lowest BCUT2D eigenvalue weighted by Gasteiger charge is -2.12. The molecule has 0 fully saturated rings. The molecule has 0 bridgehead atoms. The Labute approximate surface area is 143 Å². The number of aliphatic imine (C=N–C) groups is 1. The van der Waals surface area contributed by atoms with Crippen molar-refractivity contribution in [1.29, 1.82) is 0 Å². The number of para-hydroxylation sites is 1. The predicted molar refractivity (Wildman–Crippen MR) is 95.5 cm³/mol. The van der Waals surface area contributed by atoms with E-state index >= 15 is 0 Å². The molecule has 0 aliphatic heterocycles. The van der Waals surface area contributed by atoms with Crippen LogP contribution in [0.3, 0.4) is 0 Å². The van der Waals surface area contributed by atoms with E-state index in [4.69, 9.17) is 9.26 Å². The van der Waals surface area contributed by atoms with E-state index in [0.717, 1.165) is 22.8 Å². The van der Waals surface area contributed by atoms with E-state index in [1.807, 2.05) is 37.3 Å². The minimum atomic E-state index is 0.360. The monoisotopic (exact) mass is 330 g/mol. The SMILES string of the molecule is CN=C(NCCOc1ccccc1C)NCc1cc(C(C)C)no1. The van der Waals surface area contributed by atoms with Crippen LogP contribution in [-0.2, 0) is 6.54 Å². The number of hydrogen-bond donors (Lipinski definition) is 2. The van der Waals surface area contributed by atoms with E-state index in [0.29, 0.717) is 31.6 Å². The normalized spacial score (nSPS) is 11.6. The van der Waals surface area contributed by atoms with Crippen molar-refractivity contribution in [2.75, 3.05) is 20.2 Å². The molecule has 1 heterocycles. The number of nitrogens with one attached hydrogen (secondary N) is 2. The van der Waals surface area contributed by atoms with Gasteiger partial charge in [0.1, 0.15) is 12.4 Å². The van der Waals surface area contributed by atoms with Gasteiger partial charge in [0.05, 0.1) is 18.8 Å². The van der Waals surface area contributed by atoms with Gasteiger partial charge in [-0.3, -0.25) is 4.99 Å². The maximum absolute atomic E-state index is 5.75. The maximum Gasteiger partial charge on any atom is 0.191 e. The third-order valence-electron chi connectivity index (χ3n) is 3.57. The molecule has 2 N–H and O–H groups in total. The van der Waals surface area contributed by atoms with Crippen LogP contribution in [0.25, 0.3) is 0 Å². The Kier molecular flexibility index (Phi) is 6.66. The summed E-state index contributed by atoms with van der Waals surface area (Å²) in [6.45, 7) is 7.96. The second-order valence-corrected chi connectivity index (χ2v) is 5.84. The zero-order valence-electron chi connectivity index (χ0n) is 14.8. The summed E-state index contributed by atoms with van der Waals surface area (Å²) in [5.74, 6) is 2.76. The van der Waals surface area contributed by atoms with Crippen LogP contribution in [-0.4, -0.2) is 31.3 Å². The van der Waals surface area contributed by atoms with Crippen LogP contribution in [0.4, 0.5) is 0 Å². The van der Waals surface area contributed by atoms with Gasteiger partial charge in [0.2, 0.25) is 0 Å². The Morgan fingerprint density at radius 3 is 2.75 bits per heavy atom. The predicted octanol–water partition coefficient (Wildman–Crippen LogP) is 2.85. The number of guanidine groups is 1. The average molecular weight is 330 g/mol. The fraction of sp³-hybridized carbons (Fsp3) is 0.444. The summed E-state index contributed by atoms with van der Waals surface area (Å²) in [4.78, 5) is 4.18. The molecular weight excluding hydrogens is 304 g/mol. The first-order chi connectivity index (χ1) is 11.6. The topological polar surface area (TPSA) is 71.7 Å². The van der Waals surface area contributed by atoms with E-state index in [1.165, 1.54) is 0 Å². The molecule has 1 aromatic carbocycles. The summed E-state index contributed by atoms with van der Waals surface area (Å²) >= 11 is 0. The van der Waals surface area contributed by atoms with Crippen LogP contribution in [0.5, 0.6) is 5.75 Å². The molecule has 2 rings (SSSR count). The summed E-state index contributed by atoms with van der Waals surface area (Å²) in [6.07, 6.45) is 0. The molecule has 0 unspecified atom stereocenters. The quantitative estimate of drug-likeness (QED) is 0.464. The van der Waals surface area contributed by atoms with Gasteiger partial charge in [-0.25, -0.2) is 0 Å². The van der Waals surface area contributed by atoms with Crippen molar-refractivity contribution in [2.45, 2.75) is 33.2 Å². The van der Waals surface area contributed by atoms with Gasteiger partial charge in [-0.05, 0) is 24.5 Å². The Morgan fingerprint density at radius 2 is 2.08 bits per heavy atom. The zero-order chi connectivity index (χ0) is 17.4. The van der Waals surface area contributed by atoms with E-state index < -0.39 is 0 Å². The Hall–Kier alpha value is -2.50. The molecule has 24 heavy (non-hydrogen) atoms. The van der Waals surface area contributed by atoms with Crippen molar-refractivity contribution in [2.24, 2.45) is 4.99 Å². The molecule has 0 spiro atoms. The van der Waals surface area contributed by atoms with Crippen LogP contribution in [0.2, 0.25) is 0 Å². The highest BCUT2D eigenvalue weighted by atomic mass is 16.5. The van der Waals surface area contributed by atoms with Crippen LogP contribution < -0.4 is 15.4 Å². The van der Waals surface area contributed by atoms with Gasteiger partial charge in [0, 0.05) is 13.1 Å². The summed E-state index contributed by atoms with van der Waals surface area (Å²) in [6, 6.07) is 9.94. The zero-order valence-corrected chi connectivity index (χ0v) is 14.8. The largest absolute Gasteiger partial charge is 0.491 e. The second-order valence-electron chi connectivity index (χ2n) is 5.84. The summed E-state index contributed by atoms with van der Waals surface area (Å²) in [5, 5.41) is 10.4. The van der Waals surface area contributed by atoms with Crippen LogP contribution >= 0.6 is 0 Å². The van der Waals surface area contributed by atoms with Gasteiger partial charge < -0.3 is 19.9 Å². The van der Waals surface area contributed by atoms with Gasteiger partial charge >= 0.3 is 0 Å². The maximum atomic E-state index is 5.75. The van der Waals surface area contributed by atoms with Crippen molar-refractivity contribution in [3.8, 4) is 5.75 Å². The molecule has 0 saturated heterocycles. The van der Waals surface area contributed by atoms with Crippen LogP contribution in [0, 0.1) is 6.92 Å². The number of hydrogen-bond acceptors (Lipinski definition) is 4. The summed E-state index contributed by atoms with van der Waals surface area (Å²) < 4.78 is 11.0. The van der Waals surface area contributed by atoms with Crippen molar-refractivity contribution < 1.29 is 9.26 Å². The summed E-state index contributed by atoms with van der Waals surface area (Å²) in [5.41, 5.74) is 2.09. The number of rotatable bonds is 7. The van der Waals surface area contributed by atoms with Crippen molar-refractivity contribution >= 4 is 5.96 Å². The van der Waals surface area contributed by atoms with Crippen molar-refractivity contribution in [3.05, 3.63) is 47.3 Å². The van der Waals surface area contributed by atoms with E-state index in [-0.39, 0.29) is 0 Å². The van der Waals surface area contributed by atoms with Gasteiger partial charge in [-0.1, -0.05) is 37.2 Å². The summed E-state index contributed by atoms with van der Waals surface area (Å²) in [7, 11) is 1.73. The number of nitrogens with zero attached hydrogens (tertiary/aromatic N) is 2. The minimum Gasteiger partial charge on any atom is -0.491 e. The van der Waals surface area contributed by atoms with Gasteiger partial charge in [0.25, 0.3) is 0 Å². The van der Waals surface area contributed by atoms with Crippen LogP contribution in [0.1, 0.15) is 36.8 Å². The Bertz CT molecular complexity index is 665. The average Bonchev–Trinajstić information content (AvgIpc) is 3.05. The highest BCUT2D eigenvalue weighted by Gasteiger charge is 2.08. The number of aryl methyl sites for hydroxylation is 1. The van der Waals surface area contributed by atoms with E-state index in [9.17, 15) is 0 Å². The molecule has 0 aliphatic rings. The molecule has 0 radical (unpaired) electrons. The van der Waals surface area contributed by atoms with Gasteiger partial charge in [0.15, 0.2) is 11.7 Å². The molecule has 0 aliphatic carbocycles. The standard InChI is InChI=1S/C18H26N4O2/c1-13(2)16-11-15(24-22-16)12-21-18(19-4)20-9-10-23-17-8-6-5-7-14(17)3/h5-8,11,13H,9-10,12H2,1-4H3,(H2,19,20,21). The third-order valence-corrected chi connectivity index (χ3v) is 3.57. The third kappa shape index (κ3) is 5.30. The molecule has 130 valence electrons. The van der Waals surface area contributed by atoms with Gasteiger partial charge in [-0.15, -0.1) is 0 Å². The molecule has 1 aromatic heterocycles. The number of aromatic nitrogens is 1. The first-order valence-electron chi connectivity index (χ1n) is 8.18. The Balaban J connectivity index is 1.71.